The molecule has 4 heteroatoms. The second-order valence-corrected chi connectivity index (χ2v) is 9.85. The van der Waals surface area contributed by atoms with Crippen LogP contribution in [0.2, 0.25) is 0 Å². The van der Waals surface area contributed by atoms with Gasteiger partial charge in [-0.1, -0.05) is 68.4 Å². The lowest BCUT2D eigenvalue weighted by Gasteiger charge is -2.27. The van der Waals surface area contributed by atoms with Gasteiger partial charge in [-0.25, -0.2) is 0 Å². The zero-order valence-electron chi connectivity index (χ0n) is 21.5. The van der Waals surface area contributed by atoms with Gasteiger partial charge in [0.15, 0.2) is 0 Å². The largest absolute Gasteiger partial charge is 0.508 e. The van der Waals surface area contributed by atoms with Gasteiger partial charge in [-0.15, -0.1) is 0 Å². The van der Waals surface area contributed by atoms with E-state index in [1.807, 2.05) is 43.3 Å². The summed E-state index contributed by atoms with van der Waals surface area (Å²) >= 11 is 0. The molecule has 36 heavy (non-hydrogen) atoms. The molecule has 3 N–H and O–H groups in total. The first kappa shape index (κ1) is 25.3. The molecular weight excluding hydrogens is 446 g/mol. The standard InChI is InChI=1S/C32H35NO3/c1-22-16-27(10-14-30(22)34)32(3,4)28-11-15-31(23(2)17-28)36-21-26-7-5-6-25(18-26)20-35-29-12-8-24(19-33)9-13-29/h5-18,34H,19-21,33H2,1-4H3. The first-order valence-corrected chi connectivity index (χ1v) is 12.3. The van der Waals surface area contributed by atoms with Gasteiger partial charge in [0.25, 0.3) is 0 Å². The van der Waals surface area contributed by atoms with E-state index in [1.54, 1.807) is 6.07 Å². The molecule has 0 aliphatic rings. The Labute approximate surface area is 214 Å². The van der Waals surface area contributed by atoms with Crippen LogP contribution in [0.25, 0.3) is 0 Å². The van der Waals surface area contributed by atoms with Gasteiger partial charge in [0.05, 0.1) is 0 Å². The Kier molecular flexibility index (Phi) is 7.66. The molecule has 4 nitrogen and oxygen atoms in total. The van der Waals surface area contributed by atoms with Gasteiger partial charge in [0.2, 0.25) is 0 Å². The molecule has 0 amide bonds. The van der Waals surface area contributed by atoms with Crippen molar-refractivity contribution in [3.05, 3.63) is 124 Å². The van der Waals surface area contributed by atoms with E-state index >= 15 is 0 Å². The monoisotopic (exact) mass is 481 g/mol. The third-order valence-electron chi connectivity index (χ3n) is 6.77. The van der Waals surface area contributed by atoms with Crippen molar-refractivity contribution in [1.29, 1.82) is 0 Å². The minimum Gasteiger partial charge on any atom is -0.508 e. The van der Waals surface area contributed by atoms with Crippen LogP contribution < -0.4 is 15.2 Å². The highest BCUT2D eigenvalue weighted by Crippen LogP contribution is 2.35. The van der Waals surface area contributed by atoms with Gasteiger partial charge < -0.3 is 20.3 Å². The van der Waals surface area contributed by atoms with Gasteiger partial charge in [-0.05, 0) is 83.1 Å². The normalized spacial score (nSPS) is 11.4. The summed E-state index contributed by atoms with van der Waals surface area (Å²) in [6.07, 6.45) is 0. The van der Waals surface area contributed by atoms with E-state index in [4.69, 9.17) is 15.2 Å². The fraction of sp³-hybridized carbons (Fsp3) is 0.250. The molecule has 0 unspecified atom stereocenters. The minimum atomic E-state index is -0.194. The van der Waals surface area contributed by atoms with Crippen molar-refractivity contribution in [2.45, 2.75) is 52.9 Å². The van der Waals surface area contributed by atoms with Crippen LogP contribution in [0.4, 0.5) is 0 Å². The number of phenols is 1. The van der Waals surface area contributed by atoms with Crippen molar-refractivity contribution in [3.63, 3.8) is 0 Å². The highest BCUT2D eigenvalue weighted by molar-refractivity contribution is 5.46. The van der Waals surface area contributed by atoms with Crippen molar-refractivity contribution in [3.8, 4) is 17.2 Å². The summed E-state index contributed by atoms with van der Waals surface area (Å²) < 4.78 is 12.1. The Balaban J connectivity index is 1.40. The van der Waals surface area contributed by atoms with Crippen molar-refractivity contribution < 1.29 is 14.6 Å². The van der Waals surface area contributed by atoms with Gasteiger partial charge in [-0.2, -0.15) is 0 Å². The van der Waals surface area contributed by atoms with E-state index in [0.29, 0.717) is 25.5 Å². The zero-order valence-corrected chi connectivity index (χ0v) is 21.5. The summed E-state index contributed by atoms with van der Waals surface area (Å²) in [6.45, 7) is 9.92. The third-order valence-corrected chi connectivity index (χ3v) is 6.77. The summed E-state index contributed by atoms with van der Waals surface area (Å²) in [7, 11) is 0. The van der Waals surface area contributed by atoms with E-state index in [1.165, 1.54) is 11.1 Å². The number of benzene rings is 4. The lowest BCUT2D eigenvalue weighted by Crippen LogP contribution is -2.19. The highest BCUT2D eigenvalue weighted by Gasteiger charge is 2.24. The molecule has 0 radical (unpaired) electrons. The fourth-order valence-corrected chi connectivity index (χ4v) is 4.27. The molecule has 186 valence electrons. The maximum Gasteiger partial charge on any atom is 0.122 e. The van der Waals surface area contributed by atoms with Crippen molar-refractivity contribution >= 4 is 0 Å². The van der Waals surface area contributed by atoms with Crippen LogP contribution in [-0.4, -0.2) is 5.11 Å². The molecule has 0 bridgehead atoms. The Bertz CT molecular complexity index is 1330. The lowest BCUT2D eigenvalue weighted by molar-refractivity contribution is 0.298. The molecule has 0 aliphatic carbocycles. The number of hydrogen-bond acceptors (Lipinski definition) is 4. The number of hydrogen-bond donors (Lipinski definition) is 2. The van der Waals surface area contributed by atoms with E-state index < -0.39 is 0 Å². The number of rotatable bonds is 9. The Morgan fingerprint density at radius 1 is 0.694 bits per heavy atom. The van der Waals surface area contributed by atoms with E-state index in [0.717, 1.165) is 39.3 Å². The van der Waals surface area contributed by atoms with Gasteiger partial charge in [-0.3, -0.25) is 0 Å². The second-order valence-electron chi connectivity index (χ2n) is 9.85. The summed E-state index contributed by atoms with van der Waals surface area (Å²) in [4.78, 5) is 0. The maximum absolute atomic E-state index is 9.90. The summed E-state index contributed by atoms with van der Waals surface area (Å²) in [6, 6.07) is 28.4. The van der Waals surface area contributed by atoms with Crippen molar-refractivity contribution in [2.75, 3.05) is 0 Å². The smallest absolute Gasteiger partial charge is 0.122 e. The number of aromatic hydroxyl groups is 1. The third kappa shape index (κ3) is 5.89. The molecular formula is C32H35NO3. The molecule has 0 aliphatic heterocycles. The van der Waals surface area contributed by atoms with E-state index in [-0.39, 0.29) is 5.41 Å². The van der Waals surface area contributed by atoms with Crippen molar-refractivity contribution in [1.82, 2.24) is 0 Å². The number of ether oxygens (including phenoxy) is 2. The number of nitrogens with two attached hydrogens (primary N) is 1. The minimum absolute atomic E-state index is 0.194. The summed E-state index contributed by atoms with van der Waals surface area (Å²) in [5.74, 6) is 2.03. The van der Waals surface area contributed by atoms with Crippen LogP contribution in [0, 0.1) is 13.8 Å². The first-order valence-electron chi connectivity index (χ1n) is 12.3. The zero-order chi connectivity index (χ0) is 25.7. The van der Waals surface area contributed by atoms with E-state index in [9.17, 15) is 5.11 Å². The molecule has 4 aromatic carbocycles. The Morgan fingerprint density at radius 3 is 1.92 bits per heavy atom. The van der Waals surface area contributed by atoms with Gasteiger partial charge in [0.1, 0.15) is 30.5 Å². The lowest BCUT2D eigenvalue weighted by atomic mass is 9.77. The molecule has 0 saturated carbocycles. The molecule has 0 spiro atoms. The Morgan fingerprint density at radius 2 is 1.31 bits per heavy atom. The number of aryl methyl sites for hydroxylation is 2. The van der Waals surface area contributed by atoms with Crippen LogP contribution >= 0.6 is 0 Å². The molecule has 4 aromatic rings. The van der Waals surface area contributed by atoms with Gasteiger partial charge in [0, 0.05) is 12.0 Å². The maximum atomic E-state index is 9.90. The van der Waals surface area contributed by atoms with Crippen LogP contribution in [0.3, 0.4) is 0 Å². The second kappa shape index (κ2) is 10.9. The average molecular weight is 482 g/mol. The predicted molar refractivity (Wildman–Crippen MR) is 146 cm³/mol. The topological polar surface area (TPSA) is 64.7 Å². The molecule has 0 heterocycles. The van der Waals surface area contributed by atoms with Crippen LogP contribution in [0.5, 0.6) is 17.2 Å². The molecule has 0 aromatic heterocycles. The van der Waals surface area contributed by atoms with Crippen LogP contribution in [-0.2, 0) is 25.2 Å². The summed E-state index contributed by atoms with van der Waals surface area (Å²) in [5.41, 5.74) is 13.1. The SMILES string of the molecule is Cc1cc(C(C)(C)c2ccc(OCc3cccc(COc4ccc(CN)cc4)c3)c(C)c2)ccc1O. The first-order chi connectivity index (χ1) is 17.3. The molecule has 0 fully saturated rings. The van der Waals surface area contributed by atoms with Crippen LogP contribution in [0.15, 0.2) is 84.9 Å². The number of phenolic OH excluding ortho intramolecular Hbond substituents is 1. The van der Waals surface area contributed by atoms with E-state index in [2.05, 4.69) is 63.2 Å². The van der Waals surface area contributed by atoms with Gasteiger partial charge >= 0.3 is 0 Å². The fourth-order valence-electron chi connectivity index (χ4n) is 4.27. The molecule has 0 saturated heterocycles. The average Bonchev–Trinajstić information content (AvgIpc) is 2.88. The molecule has 4 rings (SSSR count). The Hall–Kier alpha value is -3.76. The van der Waals surface area contributed by atoms with Crippen molar-refractivity contribution in [2.24, 2.45) is 5.73 Å². The predicted octanol–water partition coefficient (Wildman–Crippen LogP) is 6.95. The highest BCUT2D eigenvalue weighted by atomic mass is 16.5. The summed E-state index contributed by atoms with van der Waals surface area (Å²) in [5, 5.41) is 9.90. The molecule has 0 atom stereocenters. The quantitative estimate of drug-likeness (QED) is 0.271. The van der Waals surface area contributed by atoms with Crippen LogP contribution in [0.1, 0.15) is 52.8 Å².